The van der Waals surface area contributed by atoms with Crippen LogP contribution in [0.4, 0.5) is 5.69 Å². The minimum absolute atomic E-state index is 0.0111. The molecule has 0 saturated carbocycles. The van der Waals surface area contributed by atoms with Gasteiger partial charge in [0, 0.05) is 12.1 Å². The van der Waals surface area contributed by atoms with Crippen molar-refractivity contribution < 1.29 is 4.74 Å². The number of benzene rings is 2. The van der Waals surface area contributed by atoms with E-state index in [1.165, 1.54) is 0 Å². The lowest BCUT2D eigenvalue weighted by Gasteiger charge is -2.17. The van der Waals surface area contributed by atoms with E-state index in [1.807, 2.05) is 19.1 Å². The Morgan fingerprint density at radius 1 is 1.05 bits per heavy atom. The Bertz CT molecular complexity index is 708. The van der Waals surface area contributed by atoms with Crippen molar-refractivity contribution in [3.63, 3.8) is 0 Å². The fourth-order valence-corrected chi connectivity index (χ4v) is 2.03. The van der Waals surface area contributed by atoms with Gasteiger partial charge in [0.2, 0.25) is 0 Å². The molecule has 21 heavy (non-hydrogen) atoms. The zero-order chi connectivity index (χ0) is 15.2. The third kappa shape index (κ3) is 3.32. The summed E-state index contributed by atoms with van der Waals surface area (Å²) >= 11 is 0. The maximum atomic E-state index is 9.17. The largest absolute Gasteiger partial charge is 0.497 e. The van der Waals surface area contributed by atoms with E-state index in [4.69, 9.17) is 15.3 Å². The average Bonchev–Trinajstić information content (AvgIpc) is 2.54. The number of nitriles is 2. The minimum atomic E-state index is 0.0111. The van der Waals surface area contributed by atoms with E-state index >= 15 is 0 Å². The number of nitrogens with one attached hydrogen (secondary N) is 1. The van der Waals surface area contributed by atoms with E-state index in [9.17, 15) is 0 Å². The molecule has 0 amide bonds. The molecule has 1 atom stereocenters. The molecule has 2 aromatic rings. The maximum Gasteiger partial charge on any atom is 0.121 e. The summed E-state index contributed by atoms with van der Waals surface area (Å²) in [4.78, 5) is 0. The Balaban J connectivity index is 2.24. The molecule has 1 N–H and O–H groups in total. The van der Waals surface area contributed by atoms with Crippen molar-refractivity contribution in [3.05, 3.63) is 59.2 Å². The standard InChI is InChI=1S/C17H15N3O/c1-12(14-5-3-13(10-18)4-6-14)20-17-9-16(21-2)8-7-15(17)11-19/h3-9,12,20H,1-2H3. The predicted octanol–water partition coefficient (Wildman–Crippen LogP) is 3.61. The summed E-state index contributed by atoms with van der Waals surface area (Å²) in [6, 6.07) is 16.9. The molecule has 0 aliphatic carbocycles. The van der Waals surface area contributed by atoms with Crippen LogP contribution in [0.5, 0.6) is 5.75 Å². The lowest BCUT2D eigenvalue weighted by atomic mass is 10.1. The van der Waals surface area contributed by atoms with E-state index in [-0.39, 0.29) is 6.04 Å². The van der Waals surface area contributed by atoms with Gasteiger partial charge in [-0.25, -0.2) is 0 Å². The van der Waals surface area contributed by atoms with Crippen LogP contribution in [0.2, 0.25) is 0 Å². The summed E-state index contributed by atoms with van der Waals surface area (Å²) < 4.78 is 5.19. The van der Waals surface area contributed by atoms with Gasteiger partial charge in [-0.2, -0.15) is 10.5 Å². The van der Waals surface area contributed by atoms with Gasteiger partial charge in [0.1, 0.15) is 11.8 Å². The fourth-order valence-electron chi connectivity index (χ4n) is 2.03. The number of hydrogen-bond donors (Lipinski definition) is 1. The van der Waals surface area contributed by atoms with Crippen LogP contribution in [-0.2, 0) is 0 Å². The van der Waals surface area contributed by atoms with Gasteiger partial charge in [0.25, 0.3) is 0 Å². The summed E-state index contributed by atoms with van der Waals surface area (Å²) in [5.41, 5.74) is 2.97. The highest BCUT2D eigenvalue weighted by atomic mass is 16.5. The number of rotatable bonds is 4. The number of nitrogens with zero attached hydrogens (tertiary/aromatic N) is 2. The zero-order valence-corrected chi connectivity index (χ0v) is 11.9. The van der Waals surface area contributed by atoms with E-state index < -0.39 is 0 Å². The van der Waals surface area contributed by atoms with Crippen LogP contribution in [0, 0.1) is 22.7 Å². The molecule has 0 bridgehead atoms. The highest BCUT2D eigenvalue weighted by molar-refractivity contribution is 5.61. The molecular formula is C17H15N3O. The molecule has 0 saturated heterocycles. The van der Waals surface area contributed by atoms with Gasteiger partial charge in [-0.3, -0.25) is 0 Å². The molecule has 0 spiro atoms. The Morgan fingerprint density at radius 2 is 1.76 bits per heavy atom. The second-order valence-corrected chi connectivity index (χ2v) is 4.62. The van der Waals surface area contributed by atoms with Crippen LogP contribution in [0.3, 0.4) is 0 Å². The molecule has 0 aromatic heterocycles. The van der Waals surface area contributed by atoms with Crippen molar-refractivity contribution in [1.29, 1.82) is 10.5 Å². The van der Waals surface area contributed by atoms with Crippen molar-refractivity contribution in [2.24, 2.45) is 0 Å². The second-order valence-electron chi connectivity index (χ2n) is 4.62. The van der Waals surface area contributed by atoms with E-state index in [0.29, 0.717) is 16.9 Å². The quantitative estimate of drug-likeness (QED) is 0.926. The van der Waals surface area contributed by atoms with Crippen LogP contribution in [0.25, 0.3) is 0 Å². The molecule has 0 fully saturated rings. The van der Waals surface area contributed by atoms with Gasteiger partial charge in [-0.1, -0.05) is 12.1 Å². The Morgan fingerprint density at radius 3 is 2.33 bits per heavy atom. The normalized spacial score (nSPS) is 11.0. The molecule has 0 aliphatic rings. The lowest BCUT2D eigenvalue weighted by molar-refractivity contribution is 0.415. The molecule has 4 nitrogen and oxygen atoms in total. The fraction of sp³-hybridized carbons (Fsp3) is 0.176. The lowest BCUT2D eigenvalue weighted by Crippen LogP contribution is -2.08. The molecule has 4 heteroatoms. The van der Waals surface area contributed by atoms with Gasteiger partial charge in [0.15, 0.2) is 0 Å². The monoisotopic (exact) mass is 277 g/mol. The molecule has 0 aliphatic heterocycles. The van der Waals surface area contributed by atoms with Crippen molar-refractivity contribution in [3.8, 4) is 17.9 Å². The summed E-state index contributed by atoms with van der Waals surface area (Å²) in [5, 5.41) is 21.3. The Labute approximate surface area is 124 Å². The van der Waals surface area contributed by atoms with Crippen molar-refractivity contribution in [2.75, 3.05) is 12.4 Å². The van der Waals surface area contributed by atoms with Crippen LogP contribution in [0.15, 0.2) is 42.5 Å². The van der Waals surface area contributed by atoms with Crippen molar-refractivity contribution >= 4 is 5.69 Å². The predicted molar refractivity (Wildman–Crippen MR) is 80.9 cm³/mol. The minimum Gasteiger partial charge on any atom is -0.497 e. The van der Waals surface area contributed by atoms with Gasteiger partial charge in [-0.15, -0.1) is 0 Å². The van der Waals surface area contributed by atoms with Crippen LogP contribution in [-0.4, -0.2) is 7.11 Å². The Hall–Kier alpha value is -2.98. The molecule has 0 radical (unpaired) electrons. The first-order chi connectivity index (χ1) is 10.2. The molecular weight excluding hydrogens is 262 g/mol. The molecule has 1 unspecified atom stereocenters. The van der Waals surface area contributed by atoms with Gasteiger partial charge in [-0.05, 0) is 36.8 Å². The van der Waals surface area contributed by atoms with Gasteiger partial charge in [0.05, 0.1) is 30.0 Å². The smallest absolute Gasteiger partial charge is 0.121 e. The SMILES string of the molecule is COc1ccc(C#N)c(NC(C)c2ccc(C#N)cc2)c1. The average molecular weight is 277 g/mol. The third-order valence-corrected chi connectivity index (χ3v) is 3.26. The number of ether oxygens (including phenoxy) is 1. The number of hydrogen-bond acceptors (Lipinski definition) is 4. The molecule has 0 heterocycles. The van der Waals surface area contributed by atoms with E-state index in [1.54, 1.807) is 37.4 Å². The van der Waals surface area contributed by atoms with Crippen LogP contribution in [0.1, 0.15) is 29.7 Å². The van der Waals surface area contributed by atoms with E-state index in [2.05, 4.69) is 17.5 Å². The number of methoxy groups -OCH3 is 1. The van der Waals surface area contributed by atoms with Crippen LogP contribution >= 0.6 is 0 Å². The van der Waals surface area contributed by atoms with Gasteiger partial charge < -0.3 is 10.1 Å². The van der Waals surface area contributed by atoms with Crippen LogP contribution < -0.4 is 10.1 Å². The summed E-state index contributed by atoms with van der Waals surface area (Å²) in [5.74, 6) is 0.698. The first kappa shape index (κ1) is 14.4. The molecule has 104 valence electrons. The topological polar surface area (TPSA) is 68.8 Å². The highest BCUT2D eigenvalue weighted by Gasteiger charge is 2.09. The van der Waals surface area contributed by atoms with E-state index in [0.717, 1.165) is 11.3 Å². The first-order valence-electron chi connectivity index (χ1n) is 6.52. The maximum absolute atomic E-state index is 9.17. The summed E-state index contributed by atoms with van der Waals surface area (Å²) in [7, 11) is 1.59. The zero-order valence-electron chi connectivity index (χ0n) is 11.9. The summed E-state index contributed by atoms with van der Waals surface area (Å²) in [6.45, 7) is 2.00. The first-order valence-corrected chi connectivity index (χ1v) is 6.52. The highest BCUT2D eigenvalue weighted by Crippen LogP contribution is 2.26. The Kier molecular flexibility index (Phi) is 4.43. The summed E-state index contributed by atoms with van der Waals surface area (Å²) in [6.07, 6.45) is 0. The number of anilines is 1. The third-order valence-electron chi connectivity index (χ3n) is 3.26. The van der Waals surface area contributed by atoms with Crippen molar-refractivity contribution in [1.82, 2.24) is 0 Å². The molecule has 2 aromatic carbocycles. The molecule has 2 rings (SSSR count). The van der Waals surface area contributed by atoms with Crippen molar-refractivity contribution in [2.45, 2.75) is 13.0 Å². The van der Waals surface area contributed by atoms with Gasteiger partial charge >= 0.3 is 0 Å². The second kappa shape index (κ2) is 6.45.